The molecule has 0 saturated carbocycles. The van der Waals surface area contributed by atoms with Crippen molar-refractivity contribution in [2.24, 2.45) is 16.6 Å². The third-order valence-electron chi connectivity index (χ3n) is 6.57. The van der Waals surface area contributed by atoms with Crippen LogP contribution in [0.25, 0.3) is 0 Å². The predicted molar refractivity (Wildman–Crippen MR) is 137 cm³/mol. The lowest BCUT2D eigenvalue weighted by Crippen LogP contribution is -2.43. The van der Waals surface area contributed by atoms with Crippen molar-refractivity contribution in [2.75, 3.05) is 0 Å². The second-order valence-electron chi connectivity index (χ2n) is 9.61. The van der Waals surface area contributed by atoms with Crippen LogP contribution in [-0.2, 0) is 30.0 Å². The molecule has 0 spiro atoms. The fourth-order valence-corrected chi connectivity index (χ4v) is 5.13. The summed E-state index contributed by atoms with van der Waals surface area (Å²) in [4.78, 5) is 43.6. The molecule has 5 rings (SSSR count). The molecule has 184 valence electrons. The van der Waals surface area contributed by atoms with Crippen molar-refractivity contribution in [3.8, 4) is 0 Å². The highest BCUT2D eigenvalue weighted by Gasteiger charge is 2.49. The number of hydrogen-bond donors (Lipinski definition) is 1. The fraction of sp³-hybridized carbons (Fsp3) is 0.296. The smallest absolute Gasteiger partial charge is 0.262 e. The SMILES string of the molecule is CC(C)CC1(c2ccccc2)N=C(N)N(Cc2ccc(Cl)c(C(=O)N3Cc4nccnc4C3)c2)C1=O. The van der Waals surface area contributed by atoms with Gasteiger partial charge >= 0.3 is 0 Å². The molecule has 0 fully saturated rings. The van der Waals surface area contributed by atoms with Gasteiger partial charge in [0.1, 0.15) is 0 Å². The molecule has 3 aromatic rings. The number of nitrogens with zero attached hydrogens (tertiary/aromatic N) is 5. The number of amides is 2. The topological polar surface area (TPSA) is 105 Å². The Hall–Kier alpha value is -3.78. The Balaban J connectivity index is 1.40. The largest absolute Gasteiger partial charge is 0.369 e. The molecule has 2 aliphatic heterocycles. The zero-order valence-corrected chi connectivity index (χ0v) is 20.9. The summed E-state index contributed by atoms with van der Waals surface area (Å²) in [6, 6.07) is 14.7. The highest BCUT2D eigenvalue weighted by molar-refractivity contribution is 6.33. The molecular weight excluding hydrogens is 476 g/mol. The molecule has 0 bridgehead atoms. The number of aliphatic imine (C=N–C) groups is 1. The number of aromatic nitrogens is 2. The van der Waals surface area contributed by atoms with Crippen LogP contribution >= 0.6 is 11.6 Å². The predicted octanol–water partition coefficient (Wildman–Crippen LogP) is 3.88. The standard InChI is InChI=1S/C27H27ClN6O2/c1-17(2)13-27(19-6-4-3-5-7-19)25(36)34(26(29)32-27)14-18-8-9-21(28)20(12-18)24(35)33-15-22-23(16-33)31-11-10-30-22/h3-12,17H,13-16H2,1-2H3,(H2,29,32). The normalized spacial score (nSPS) is 19.1. The first-order valence-corrected chi connectivity index (χ1v) is 12.3. The van der Waals surface area contributed by atoms with Gasteiger partial charge in [0.05, 0.1) is 41.6 Å². The third kappa shape index (κ3) is 4.22. The molecule has 0 radical (unpaired) electrons. The van der Waals surface area contributed by atoms with Crippen LogP contribution in [0.15, 0.2) is 65.9 Å². The maximum Gasteiger partial charge on any atom is 0.262 e. The van der Waals surface area contributed by atoms with E-state index >= 15 is 0 Å². The molecule has 1 atom stereocenters. The fourth-order valence-electron chi connectivity index (χ4n) is 4.94. The number of carbonyl (C=O) groups excluding carboxylic acids is 2. The van der Waals surface area contributed by atoms with E-state index in [4.69, 9.17) is 22.3 Å². The highest BCUT2D eigenvalue weighted by Crippen LogP contribution is 2.39. The van der Waals surface area contributed by atoms with Crippen LogP contribution in [0.4, 0.5) is 0 Å². The molecule has 2 aromatic carbocycles. The van der Waals surface area contributed by atoms with Crippen LogP contribution in [0.5, 0.6) is 0 Å². The van der Waals surface area contributed by atoms with Crippen LogP contribution in [0.1, 0.15) is 53.1 Å². The van der Waals surface area contributed by atoms with E-state index in [1.807, 2.05) is 30.3 Å². The average molecular weight is 503 g/mol. The van der Waals surface area contributed by atoms with Gasteiger partial charge in [-0.25, -0.2) is 4.99 Å². The molecule has 1 aromatic heterocycles. The Bertz CT molecular complexity index is 1330. The average Bonchev–Trinajstić information content (AvgIpc) is 3.40. The second-order valence-corrected chi connectivity index (χ2v) is 10.0. The lowest BCUT2D eigenvalue weighted by molar-refractivity contribution is -0.132. The van der Waals surface area contributed by atoms with Gasteiger partial charge in [-0.1, -0.05) is 61.8 Å². The van der Waals surface area contributed by atoms with Gasteiger partial charge in [0, 0.05) is 12.4 Å². The molecule has 0 aliphatic carbocycles. The van der Waals surface area contributed by atoms with Crippen LogP contribution < -0.4 is 5.73 Å². The first kappa shape index (κ1) is 23.9. The summed E-state index contributed by atoms with van der Waals surface area (Å²) in [5.74, 6) is 0.00259. The monoisotopic (exact) mass is 502 g/mol. The molecule has 1 unspecified atom stereocenters. The van der Waals surface area contributed by atoms with Gasteiger partial charge in [-0.05, 0) is 35.6 Å². The lowest BCUT2D eigenvalue weighted by atomic mass is 9.82. The summed E-state index contributed by atoms with van der Waals surface area (Å²) in [7, 11) is 0. The molecule has 36 heavy (non-hydrogen) atoms. The van der Waals surface area contributed by atoms with E-state index in [1.165, 1.54) is 4.90 Å². The van der Waals surface area contributed by atoms with Gasteiger partial charge in [-0.15, -0.1) is 0 Å². The van der Waals surface area contributed by atoms with E-state index in [0.717, 1.165) is 22.5 Å². The zero-order chi connectivity index (χ0) is 25.4. The van der Waals surface area contributed by atoms with E-state index in [2.05, 4.69) is 23.8 Å². The Morgan fingerprint density at radius 2 is 1.75 bits per heavy atom. The number of benzene rings is 2. The molecule has 2 N–H and O–H groups in total. The van der Waals surface area contributed by atoms with Gasteiger partial charge in [0.15, 0.2) is 11.5 Å². The number of hydrogen-bond acceptors (Lipinski definition) is 6. The molecule has 2 amide bonds. The summed E-state index contributed by atoms with van der Waals surface area (Å²) >= 11 is 6.43. The van der Waals surface area contributed by atoms with Crippen LogP contribution in [0.3, 0.4) is 0 Å². The first-order chi connectivity index (χ1) is 17.3. The minimum Gasteiger partial charge on any atom is -0.369 e. The first-order valence-electron chi connectivity index (χ1n) is 11.9. The van der Waals surface area contributed by atoms with Gasteiger partial charge in [0.25, 0.3) is 11.8 Å². The minimum atomic E-state index is -1.06. The van der Waals surface area contributed by atoms with E-state index in [1.54, 1.807) is 35.5 Å². The molecular formula is C27H27ClN6O2. The molecule has 8 nitrogen and oxygen atoms in total. The van der Waals surface area contributed by atoms with Crippen LogP contribution in [-0.4, -0.2) is 37.5 Å². The third-order valence-corrected chi connectivity index (χ3v) is 6.90. The van der Waals surface area contributed by atoms with E-state index in [-0.39, 0.29) is 30.2 Å². The highest BCUT2D eigenvalue weighted by atomic mass is 35.5. The van der Waals surface area contributed by atoms with Crippen molar-refractivity contribution >= 4 is 29.4 Å². The van der Waals surface area contributed by atoms with E-state index in [9.17, 15) is 9.59 Å². The molecule has 9 heteroatoms. The summed E-state index contributed by atoms with van der Waals surface area (Å²) in [6.07, 6.45) is 3.78. The van der Waals surface area contributed by atoms with Gasteiger partial charge in [-0.3, -0.25) is 24.5 Å². The van der Waals surface area contributed by atoms with Crippen molar-refractivity contribution in [1.29, 1.82) is 0 Å². The van der Waals surface area contributed by atoms with Crippen LogP contribution in [0.2, 0.25) is 5.02 Å². The molecule has 3 heterocycles. The number of nitrogens with two attached hydrogens (primary N) is 1. The second kappa shape index (κ2) is 9.35. The Kier molecular flexibility index (Phi) is 6.22. The number of carbonyl (C=O) groups is 2. The van der Waals surface area contributed by atoms with Crippen molar-refractivity contribution in [3.63, 3.8) is 0 Å². The molecule has 0 saturated heterocycles. The van der Waals surface area contributed by atoms with E-state index < -0.39 is 5.54 Å². The maximum atomic E-state index is 13.8. The quantitative estimate of drug-likeness (QED) is 0.550. The summed E-state index contributed by atoms with van der Waals surface area (Å²) in [5.41, 5.74) is 8.74. The summed E-state index contributed by atoms with van der Waals surface area (Å²) in [6.45, 7) is 5.06. The number of halogens is 1. The number of guanidine groups is 1. The Morgan fingerprint density at radius 3 is 2.39 bits per heavy atom. The van der Waals surface area contributed by atoms with Gasteiger partial charge < -0.3 is 10.6 Å². The van der Waals surface area contributed by atoms with Crippen molar-refractivity contribution in [1.82, 2.24) is 19.8 Å². The van der Waals surface area contributed by atoms with Crippen molar-refractivity contribution in [3.05, 3.63) is 94.0 Å². The Labute approximate surface area is 214 Å². The van der Waals surface area contributed by atoms with Crippen molar-refractivity contribution in [2.45, 2.75) is 45.4 Å². The van der Waals surface area contributed by atoms with Crippen molar-refractivity contribution < 1.29 is 9.59 Å². The van der Waals surface area contributed by atoms with Gasteiger partial charge in [-0.2, -0.15) is 0 Å². The number of fused-ring (bicyclic) bond motifs is 1. The van der Waals surface area contributed by atoms with Crippen LogP contribution in [0, 0.1) is 5.92 Å². The molecule has 2 aliphatic rings. The van der Waals surface area contributed by atoms with E-state index in [0.29, 0.717) is 30.1 Å². The number of rotatable bonds is 6. The maximum absolute atomic E-state index is 13.8. The summed E-state index contributed by atoms with van der Waals surface area (Å²) < 4.78 is 0. The Morgan fingerprint density at radius 1 is 1.08 bits per heavy atom. The lowest BCUT2D eigenvalue weighted by Gasteiger charge is -2.28. The van der Waals surface area contributed by atoms with Gasteiger partial charge in [0.2, 0.25) is 0 Å². The minimum absolute atomic E-state index is 0.166. The summed E-state index contributed by atoms with van der Waals surface area (Å²) in [5, 5.41) is 0.341. The zero-order valence-electron chi connectivity index (χ0n) is 20.2.